The molecule has 17 heavy (non-hydrogen) atoms. The van der Waals surface area contributed by atoms with E-state index in [1.807, 2.05) is 4.90 Å². The number of piperidine rings is 2. The Kier molecular flexibility index (Phi) is 4.06. The third kappa shape index (κ3) is 3.01. The van der Waals surface area contributed by atoms with Crippen LogP contribution in [0.3, 0.4) is 0 Å². The molecular formula is C14H23N3. The van der Waals surface area contributed by atoms with Crippen molar-refractivity contribution in [1.29, 1.82) is 5.26 Å². The summed E-state index contributed by atoms with van der Waals surface area (Å²) in [7, 11) is 0. The minimum absolute atomic E-state index is 0.682. The fourth-order valence-corrected chi connectivity index (χ4v) is 2.89. The van der Waals surface area contributed by atoms with Crippen molar-refractivity contribution in [3.8, 4) is 6.19 Å². The maximum Gasteiger partial charge on any atom is 0.179 e. The number of rotatable bonds is 1. The monoisotopic (exact) mass is 233 g/mol. The summed E-state index contributed by atoms with van der Waals surface area (Å²) in [6, 6.07) is 0.682. The van der Waals surface area contributed by atoms with Crippen LogP contribution in [0.5, 0.6) is 0 Å². The van der Waals surface area contributed by atoms with Crippen molar-refractivity contribution in [3.63, 3.8) is 0 Å². The number of likely N-dealkylation sites (tertiary alicyclic amines) is 2. The highest BCUT2D eigenvalue weighted by molar-refractivity contribution is 5.19. The van der Waals surface area contributed by atoms with E-state index in [4.69, 9.17) is 5.26 Å². The molecule has 2 rings (SSSR count). The Balaban J connectivity index is 1.90. The van der Waals surface area contributed by atoms with Crippen molar-refractivity contribution >= 4 is 0 Å². The summed E-state index contributed by atoms with van der Waals surface area (Å²) in [5, 5.41) is 8.84. The summed E-state index contributed by atoms with van der Waals surface area (Å²) >= 11 is 0. The summed E-state index contributed by atoms with van der Waals surface area (Å²) < 4.78 is 0. The standard InChI is InChI=1S/C14H23N3/c1-12(2)17-9-5-14(6-10-17)13-3-7-16(11-15)8-4-13/h12H,3-10H2,1-2H3. The Labute approximate surface area is 105 Å². The molecule has 94 valence electrons. The van der Waals surface area contributed by atoms with E-state index in [1.165, 1.54) is 25.9 Å². The van der Waals surface area contributed by atoms with Gasteiger partial charge in [0.15, 0.2) is 6.19 Å². The topological polar surface area (TPSA) is 30.3 Å². The van der Waals surface area contributed by atoms with Crippen LogP contribution in [0.25, 0.3) is 0 Å². The molecule has 0 unspecified atom stereocenters. The van der Waals surface area contributed by atoms with Gasteiger partial charge in [0.2, 0.25) is 0 Å². The first-order valence-electron chi connectivity index (χ1n) is 6.79. The largest absolute Gasteiger partial charge is 0.310 e. The van der Waals surface area contributed by atoms with Crippen LogP contribution in [0.1, 0.15) is 39.5 Å². The zero-order valence-corrected chi connectivity index (χ0v) is 11.1. The first-order valence-corrected chi connectivity index (χ1v) is 6.79. The SMILES string of the molecule is CC(C)N1CCC(=C2CCN(C#N)CC2)CC1. The van der Waals surface area contributed by atoms with Crippen LogP contribution in [0.15, 0.2) is 11.1 Å². The Morgan fingerprint density at radius 2 is 1.41 bits per heavy atom. The highest BCUT2D eigenvalue weighted by Crippen LogP contribution is 2.27. The smallest absolute Gasteiger partial charge is 0.179 e. The van der Waals surface area contributed by atoms with E-state index in [2.05, 4.69) is 24.9 Å². The molecule has 2 heterocycles. The summed E-state index contributed by atoms with van der Waals surface area (Å²) in [5.74, 6) is 0. The first-order chi connectivity index (χ1) is 8.20. The maximum atomic E-state index is 8.84. The van der Waals surface area contributed by atoms with Crippen LogP contribution in [0.2, 0.25) is 0 Å². The van der Waals surface area contributed by atoms with E-state index >= 15 is 0 Å². The molecule has 0 amide bonds. The highest BCUT2D eigenvalue weighted by Gasteiger charge is 2.21. The molecule has 0 saturated carbocycles. The lowest BCUT2D eigenvalue weighted by atomic mass is 9.91. The van der Waals surface area contributed by atoms with Gasteiger partial charge in [-0.15, -0.1) is 0 Å². The van der Waals surface area contributed by atoms with Gasteiger partial charge in [-0.1, -0.05) is 11.1 Å². The van der Waals surface area contributed by atoms with Crippen molar-refractivity contribution in [1.82, 2.24) is 9.80 Å². The third-order valence-electron chi connectivity index (χ3n) is 4.14. The molecule has 2 aliphatic heterocycles. The fourth-order valence-electron chi connectivity index (χ4n) is 2.89. The molecule has 0 spiro atoms. The maximum absolute atomic E-state index is 8.84. The predicted octanol–water partition coefficient (Wildman–Crippen LogP) is 2.36. The molecule has 3 nitrogen and oxygen atoms in total. The van der Waals surface area contributed by atoms with E-state index < -0.39 is 0 Å². The number of nitrogens with zero attached hydrogens (tertiary/aromatic N) is 3. The second kappa shape index (κ2) is 5.55. The van der Waals surface area contributed by atoms with Crippen molar-refractivity contribution in [2.75, 3.05) is 26.2 Å². The van der Waals surface area contributed by atoms with Gasteiger partial charge < -0.3 is 9.80 Å². The Morgan fingerprint density at radius 1 is 0.941 bits per heavy atom. The van der Waals surface area contributed by atoms with Gasteiger partial charge in [0.25, 0.3) is 0 Å². The van der Waals surface area contributed by atoms with Crippen molar-refractivity contribution in [2.45, 2.75) is 45.6 Å². The number of hydrogen-bond acceptors (Lipinski definition) is 3. The normalized spacial score (nSPS) is 23.1. The second-order valence-corrected chi connectivity index (χ2v) is 5.42. The van der Waals surface area contributed by atoms with Crippen molar-refractivity contribution in [3.05, 3.63) is 11.1 Å². The predicted molar refractivity (Wildman–Crippen MR) is 69.4 cm³/mol. The lowest BCUT2D eigenvalue weighted by Crippen LogP contribution is -2.37. The van der Waals surface area contributed by atoms with Gasteiger partial charge in [-0.25, -0.2) is 0 Å². The molecule has 0 bridgehead atoms. The van der Waals surface area contributed by atoms with Gasteiger partial charge in [-0.3, -0.25) is 0 Å². The summed E-state index contributed by atoms with van der Waals surface area (Å²) in [6.07, 6.45) is 6.98. The molecule has 0 atom stereocenters. The number of nitriles is 1. The van der Waals surface area contributed by atoms with Crippen LogP contribution in [0, 0.1) is 11.5 Å². The van der Waals surface area contributed by atoms with Crippen LogP contribution < -0.4 is 0 Å². The van der Waals surface area contributed by atoms with Gasteiger partial charge in [-0.2, -0.15) is 5.26 Å². The first kappa shape index (κ1) is 12.4. The number of hydrogen-bond donors (Lipinski definition) is 0. The summed E-state index contributed by atoms with van der Waals surface area (Å²) in [4.78, 5) is 4.45. The fraction of sp³-hybridized carbons (Fsp3) is 0.786. The van der Waals surface area contributed by atoms with Gasteiger partial charge in [0.1, 0.15) is 0 Å². The lowest BCUT2D eigenvalue weighted by molar-refractivity contribution is 0.205. The molecule has 0 aromatic rings. The van der Waals surface area contributed by atoms with E-state index in [9.17, 15) is 0 Å². The van der Waals surface area contributed by atoms with Gasteiger partial charge in [0.05, 0.1) is 0 Å². The molecule has 2 fully saturated rings. The average molecular weight is 233 g/mol. The van der Waals surface area contributed by atoms with Gasteiger partial charge >= 0.3 is 0 Å². The zero-order chi connectivity index (χ0) is 12.3. The summed E-state index contributed by atoms with van der Waals surface area (Å²) in [6.45, 7) is 8.87. The van der Waals surface area contributed by atoms with Gasteiger partial charge in [-0.05, 0) is 39.5 Å². The van der Waals surface area contributed by atoms with Crippen LogP contribution >= 0.6 is 0 Å². The van der Waals surface area contributed by atoms with Crippen LogP contribution in [0.4, 0.5) is 0 Å². The second-order valence-electron chi connectivity index (χ2n) is 5.42. The Hall–Kier alpha value is -1.01. The molecule has 3 heteroatoms. The van der Waals surface area contributed by atoms with Crippen molar-refractivity contribution in [2.24, 2.45) is 0 Å². The van der Waals surface area contributed by atoms with E-state index in [-0.39, 0.29) is 0 Å². The lowest BCUT2D eigenvalue weighted by Gasteiger charge is -2.34. The molecule has 0 N–H and O–H groups in total. The van der Waals surface area contributed by atoms with Crippen molar-refractivity contribution < 1.29 is 0 Å². The quantitative estimate of drug-likeness (QED) is 0.514. The molecular weight excluding hydrogens is 210 g/mol. The molecule has 2 saturated heterocycles. The zero-order valence-electron chi connectivity index (χ0n) is 11.1. The molecule has 0 aliphatic carbocycles. The molecule has 0 aromatic heterocycles. The van der Waals surface area contributed by atoms with Crippen LogP contribution in [-0.4, -0.2) is 42.0 Å². The van der Waals surface area contributed by atoms with E-state index in [0.29, 0.717) is 6.04 Å². The van der Waals surface area contributed by atoms with Gasteiger partial charge in [0, 0.05) is 32.2 Å². The molecule has 0 radical (unpaired) electrons. The third-order valence-corrected chi connectivity index (χ3v) is 4.14. The molecule has 2 aliphatic rings. The average Bonchev–Trinajstić information content (AvgIpc) is 2.39. The Morgan fingerprint density at radius 3 is 1.82 bits per heavy atom. The minimum atomic E-state index is 0.682. The minimum Gasteiger partial charge on any atom is -0.310 e. The van der Waals surface area contributed by atoms with Crippen LogP contribution in [-0.2, 0) is 0 Å². The highest BCUT2D eigenvalue weighted by atomic mass is 15.1. The van der Waals surface area contributed by atoms with E-state index in [0.717, 1.165) is 25.9 Å². The molecule has 0 aromatic carbocycles. The Bertz CT molecular complexity index is 318. The summed E-state index contributed by atoms with van der Waals surface area (Å²) in [5.41, 5.74) is 3.35. The van der Waals surface area contributed by atoms with E-state index in [1.54, 1.807) is 11.1 Å².